The van der Waals surface area contributed by atoms with Crippen molar-refractivity contribution in [1.29, 1.82) is 0 Å². The van der Waals surface area contributed by atoms with Gasteiger partial charge in [-0.15, -0.1) is 0 Å². The van der Waals surface area contributed by atoms with Gasteiger partial charge in [-0.25, -0.2) is 0 Å². The van der Waals surface area contributed by atoms with Gasteiger partial charge in [-0.3, -0.25) is 4.79 Å². The Hall–Kier alpha value is -0.870. The third-order valence-electron chi connectivity index (χ3n) is 4.09. The average molecular weight is 266 g/mol. The number of hydrogen-bond donors (Lipinski definition) is 2. The van der Waals surface area contributed by atoms with Gasteiger partial charge in [0.2, 0.25) is 5.91 Å². The van der Waals surface area contributed by atoms with E-state index in [0.717, 1.165) is 58.3 Å². The fourth-order valence-electron chi connectivity index (χ4n) is 2.85. The zero-order valence-corrected chi connectivity index (χ0v) is 11.7. The molecule has 1 amide bonds. The SMILES string of the molecule is O=C(CC1C=CCC1)NCCCN1CCC(O)CC1. The second kappa shape index (κ2) is 7.65. The Morgan fingerprint density at radius 3 is 2.79 bits per heavy atom. The molecule has 1 aliphatic heterocycles. The Morgan fingerprint density at radius 1 is 1.32 bits per heavy atom. The second-order valence-corrected chi connectivity index (χ2v) is 5.75. The molecule has 0 aromatic rings. The molecule has 0 aromatic carbocycles. The molecule has 0 bridgehead atoms. The number of nitrogens with one attached hydrogen (secondary N) is 1. The molecule has 0 spiro atoms. The van der Waals surface area contributed by atoms with Crippen molar-refractivity contribution < 1.29 is 9.90 Å². The summed E-state index contributed by atoms with van der Waals surface area (Å²) in [6, 6.07) is 0. The molecule has 1 fully saturated rings. The van der Waals surface area contributed by atoms with Gasteiger partial charge >= 0.3 is 0 Å². The third kappa shape index (κ3) is 5.33. The van der Waals surface area contributed by atoms with E-state index in [1.165, 1.54) is 0 Å². The van der Waals surface area contributed by atoms with Gasteiger partial charge in [0, 0.05) is 26.1 Å². The lowest BCUT2D eigenvalue weighted by atomic mass is 10.1. The van der Waals surface area contributed by atoms with Crippen molar-refractivity contribution in [3.05, 3.63) is 12.2 Å². The number of piperidine rings is 1. The van der Waals surface area contributed by atoms with E-state index in [0.29, 0.717) is 12.3 Å². The second-order valence-electron chi connectivity index (χ2n) is 5.75. The highest BCUT2D eigenvalue weighted by atomic mass is 16.3. The van der Waals surface area contributed by atoms with E-state index in [9.17, 15) is 9.90 Å². The quantitative estimate of drug-likeness (QED) is 0.563. The van der Waals surface area contributed by atoms with Crippen LogP contribution in [0.4, 0.5) is 0 Å². The summed E-state index contributed by atoms with van der Waals surface area (Å²) in [5, 5.41) is 12.4. The number of rotatable bonds is 6. The van der Waals surface area contributed by atoms with Gasteiger partial charge in [0.1, 0.15) is 0 Å². The highest BCUT2D eigenvalue weighted by Crippen LogP contribution is 2.19. The summed E-state index contributed by atoms with van der Waals surface area (Å²) in [6.45, 7) is 3.77. The molecule has 1 aliphatic carbocycles. The fraction of sp³-hybridized carbons (Fsp3) is 0.800. The molecule has 0 radical (unpaired) electrons. The molecule has 1 unspecified atom stereocenters. The molecule has 2 N–H and O–H groups in total. The molecular formula is C15H26N2O2. The van der Waals surface area contributed by atoms with Gasteiger partial charge in [-0.05, 0) is 44.6 Å². The Bertz CT molecular complexity index is 309. The van der Waals surface area contributed by atoms with Crippen LogP contribution in [0.15, 0.2) is 12.2 Å². The van der Waals surface area contributed by atoms with Crippen LogP contribution >= 0.6 is 0 Å². The van der Waals surface area contributed by atoms with Crippen molar-refractivity contribution in [2.45, 2.75) is 44.6 Å². The number of amides is 1. The van der Waals surface area contributed by atoms with Crippen molar-refractivity contribution >= 4 is 5.91 Å². The zero-order chi connectivity index (χ0) is 13.5. The van der Waals surface area contributed by atoms with E-state index >= 15 is 0 Å². The molecule has 0 aromatic heterocycles. The molecule has 1 heterocycles. The lowest BCUT2D eigenvalue weighted by molar-refractivity contribution is -0.121. The summed E-state index contributed by atoms with van der Waals surface area (Å²) in [5.41, 5.74) is 0. The largest absolute Gasteiger partial charge is 0.393 e. The number of aliphatic hydroxyl groups is 1. The van der Waals surface area contributed by atoms with Crippen molar-refractivity contribution in [3.8, 4) is 0 Å². The van der Waals surface area contributed by atoms with Crippen LogP contribution in [-0.4, -0.2) is 48.2 Å². The van der Waals surface area contributed by atoms with Crippen LogP contribution in [0.25, 0.3) is 0 Å². The first kappa shape index (κ1) is 14.5. The van der Waals surface area contributed by atoms with Gasteiger partial charge in [0.15, 0.2) is 0 Å². The van der Waals surface area contributed by atoms with E-state index in [1.807, 2.05) is 0 Å². The predicted octanol–water partition coefficient (Wildman–Crippen LogP) is 1.31. The Labute approximate surface area is 115 Å². The lowest BCUT2D eigenvalue weighted by Crippen LogP contribution is -2.37. The highest BCUT2D eigenvalue weighted by molar-refractivity contribution is 5.76. The van der Waals surface area contributed by atoms with E-state index in [4.69, 9.17) is 0 Å². The maximum absolute atomic E-state index is 11.7. The molecule has 108 valence electrons. The summed E-state index contributed by atoms with van der Waals surface area (Å²) < 4.78 is 0. The van der Waals surface area contributed by atoms with Crippen molar-refractivity contribution in [3.63, 3.8) is 0 Å². The molecule has 2 rings (SSSR count). The minimum absolute atomic E-state index is 0.101. The maximum Gasteiger partial charge on any atom is 0.220 e. The number of nitrogens with zero attached hydrogens (tertiary/aromatic N) is 1. The van der Waals surface area contributed by atoms with Crippen molar-refractivity contribution in [2.24, 2.45) is 5.92 Å². The summed E-state index contributed by atoms with van der Waals surface area (Å²) >= 11 is 0. The summed E-state index contributed by atoms with van der Waals surface area (Å²) in [4.78, 5) is 14.1. The molecule has 4 nitrogen and oxygen atoms in total. The van der Waals surface area contributed by atoms with E-state index in [1.54, 1.807) is 0 Å². The first-order valence-corrected chi connectivity index (χ1v) is 7.58. The van der Waals surface area contributed by atoms with Crippen LogP contribution in [0.1, 0.15) is 38.5 Å². The summed E-state index contributed by atoms with van der Waals surface area (Å²) in [6.07, 6.45) is 9.91. The summed E-state index contributed by atoms with van der Waals surface area (Å²) in [5.74, 6) is 0.647. The fourth-order valence-corrected chi connectivity index (χ4v) is 2.85. The molecule has 19 heavy (non-hydrogen) atoms. The number of carbonyl (C=O) groups is 1. The molecule has 1 saturated heterocycles. The number of allylic oxidation sites excluding steroid dienone is 2. The van der Waals surface area contributed by atoms with E-state index in [-0.39, 0.29) is 12.0 Å². The molecule has 2 aliphatic rings. The van der Waals surface area contributed by atoms with Crippen LogP contribution < -0.4 is 5.32 Å². The Kier molecular flexibility index (Phi) is 5.86. The van der Waals surface area contributed by atoms with Crippen LogP contribution in [0.3, 0.4) is 0 Å². The minimum Gasteiger partial charge on any atom is -0.393 e. The van der Waals surface area contributed by atoms with Gasteiger partial charge < -0.3 is 15.3 Å². The molecule has 0 saturated carbocycles. The number of aliphatic hydroxyl groups excluding tert-OH is 1. The standard InChI is InChI=1S/C15H26N2O2/c18-14-6-10-17(11-7-14)9-3-8-16-15(19)12-13-4-1-2-5-13/h1,4,13-14,18H,2-3,5-12H2,(H,16,19). The van der Waals surface area contributed by atoms with Crippen molar-refractivity contribution in [1.82, 2.24) is 10.2 Å². The number of likely N-dealkylation sites (tertiary alicyclic amines) is 1. The van der Waals surface area contributed by atoms with Gasteiger partial charge in [0.05, 0.1) is 6.10 Å². The first-order valence-electron chi connectivity index (χ1n) is 7.58. The van der Waals surface area contributed by atoms with Crippen LogP contribution in [0.5, 0.6) is 0 Å². The Balaban J connectivity index is 1.49. The average Bonchev–Trinajstić information content (AvgIpc) is 2.89. The predicted molar refractivity (Wildman–Crippen MR) is 75.8 cm³/mol. The smallest absolute Gasteiger partial charge is 0.220 e. The molecular weight excluding hydrogens is 240 g/mol. The zero-order valence-electron chi connectivity index (χ0n) is 11.7. The lowest BCUT2D eigenvalue weighted by Gasteiger charge is -2.29. The monoisotopic (exact) mass is 266 g/mol. The molecule has 4 heteroatoms. The summed E-state index contributed by atoms with van der Waals surface area (Å²) in [7, 11) is 0. The van der Waals surface area contributed by atoms with Gasteiger partial charge in [-0.1, -0.05) is 12.2 Å². The third-order valence-corrected chi connectivity index (χ3v) is 4.09. The van der Waals surface area contributed by atoms with E-state index < -0.39 is 0 Å². The van der Waals surface area contributed by atoms with Crippen LogP contribution in [-0.2, 0) is 4.79 Å². The van der Waals surface area contributed by atoms with Crippen molar-refractivity contribution in [2.75, 3.05) is 26.2 Å². The van der Waals surface area contributed by atoms with Gasteiger partial charge in [0.25, 0.3) is 0 Å². The van der Waals surface area contributed by atoms with Crippen LogP contribution in [0.2, 0.25) is 0 Å². The maximum atomic E-state index is 11.7. The normalized spacial score (nSPS) is 24.8. The van der Waals surface area contributed by atoms with Crippen LogP contribution in [0, 0.1) is 5.92 Å². The first-order chi connectivity index (χ1) is 9.24. The van der Waals surface area contributed by atoms with Gasteiger partial charge in [-0.2, -0.15) is 0 Å². The topological polar surface area (TPSA) is 52.6 Å². The van der Waals surface area contributed by atoms with E-state index in [2.05, 4.69) is 22.4 Å². The Morgan fingerprint density at radius 2 is 2.11 bits per heavy atom. The number of carbonyl (C=O) groups excluding carboxylic acids is 1. The highest BCUT2D eigenvalue weighted by Gasteiger charge is 2.16. The minimum atomic E-state index is -0.101. The molecule has 1 atom stereocenters. The number of hydrogen-bond acceptors (Lipinski definition) is 3.